The third-order valence-corrected chi connectivity index (χ3v) is 3.11. The van der Waals surface area contributed by atoms with Crippen molar-refractivity contribution in [2.75, 3.05) is 0 Å². The highest BCUT2D eigenvalue weighted by molar-refractivity contribution is 6.84. The fourth-order valence-electron chi connectivity index (χ4n) is 0.751. The normalized spacial score (nSPS) is 14.4. The van der Waals surface area contributed by atoms with Crippen LogP contribution >= 0.6 is 0 Å². The van der Waals surface area contributed by atoms with Crippen LogP contribution in [0.2, 0.25) is 19.6 Å². The summed E-state index contributed by atoms with van der Waals surface area (Å²) in [6.07, 6.45) is 1.30. The molecule has 0 spiro atoms. The molecular weight excluding hydrogens is 220 g/mol. The van der Waals surface area contributed by atoms with Crippen molar-refractivity contribution >= 4 is 20.0 Å². The van der Waals surface area contributed by atoms with Gasteiger partial charge in [-0.3, -0.25) is 0 Å². The van der Waals surface area contributed by atoms with Gasteiger partial charge in [0, 0.05) is 13.8 Å². The van der Waals surface area contributed by atoms with Crippen molar-refractivity contribution in [1.82, 2.24) is 0 Å². The van der Waals surface area contributed by atoms with E-state index in [0.717, 1.165) is 4.74 Å². The fourth-order valence-corrected chi connectivity index (χ4v) is 1.25. The molecule has 0 saturated carbocycles. The second-order valence-corrected chi connectivity index (χ2v) is 9.97. The first-order valence-electron chi connectivity index (χ1n) is 5.13. The summed E-state index contributed by atoms with van der Waals surface area (Å²) in [7, 11) is -1.46. The van der Waals surface area contributed by atoms with E-state index in [0.29, 0.717) is 5.71 Å². The van der Waals surface area contributed by atoms with Gasteiger partial charge in [0.05, 0.1) is 0 Å². The summed E-state index contributed by atoms with van der Waals surface area (Å²) in [6, 6.07) is 0. The van der Waals surface area contributed by atoms with E-state index in [-0.39, 0.29) is 0 Å². The predicted molar refractivity (Wildman–Crippen MR) is 69.8 cm³/mol. The fraction of sp³-hybridized carbons (Fsp3) is 0.636. The molecule has 4 nitrogen and oxygen atoms in total. The van der Waals surface area contributed by atoms with E-state index < -0.39 is 13.6 Å². The van der Waals surface area contributed by atoms with Crippen LogP contribution in [0.15, 0.2) is 5.16 Å². The van der Waals surface area contributed by atoms with Gasteiger partial charge in [0.15, 0.2) is 0 Å². The number of nitrogens with zero attached hydrogens (tertiary/aromatic N) is 2. The molecule has 0 heterocycles. The molecule has 0 radical (unpaired) electrons. The lowest BCUT2D eigenvalue weighted by Gasteiger charge is -2.21. The maximum atomic E-state index is 11.7. The first-order chi connectivity index (χ1) is 7.11. The lowest BCUT2D eigenvalue weighted by atomic mass is 10.0. The maximum absolute atomic E-state index is 11.7. The molecule has 0 unspecified atom stereocenters. The molecule has 0 aliphatic carbocycles. The SMILES string of the molecule is CC(=NO)C(C)(C)[N+]([O-])=CC#C[Si](C)(C)C. The number of hydrogen-bond donors (Lipinski definition) is 1. The van der Waals surface area contributed by atoms with Crippen LogP contribution in [-0.4, -0.2) is 35.5 Å². The zero-order valence-electron chi connectivity index (χ0n) is 10.8. The molecule has 0 aromatic rings. The molecule has 1 N–H and O–H groups in total. The van der Waals surface area contributed by atoms with E-state index in [2.05, 4.69) is 36.3 Å². The first-order valence-corrected chi connectivity index (χ1v) is 8.63. The molecule has 0 fully saturated rings. The Morgan fingerprint density at radius 2 is 1.94 bits per heavy atom. The Bertz CT molecular complexity index is 368. The summed E-state index contributed by atoms with van der Waals surface area (Å²) in [6.45, 7) is 11.3. The molecule has 0 amide bonds. The topological polar surface area (TPSA) is 58.7 Å². The molecule has 0 atom stereocenters. The van der Waals surface area contributed by atoms with Gasteiger partial charge in [0.25, 0.3) is 0 Å². The van der Waals surface area contributed by atoms with Gasteiger partial charge in [0.1, 0.15) is 13.8 Å². The Kier molecular flexibility index (Phi) is 4.75. The second-order valence-electron chi connectivity index (χ2n) is 5.22. The molecule has 0 aliphatic heterocycles. The Morgan fingerprint density at radius 1 is 1.44 bits per heavy atom. The van der Waals surface area contributed by atoms with Gasteiger partial charge in [-0.05, 0) is 12.8 Å². The Balaban J connectivity index is 4.99. The van der Waals surface area contributed by atoms with Crippen molar-refractivity contribution in [1.29, 1.82) is 0 Å². The molecule has 90 valence electrons. The molecule has 0 saturated heterocycles. The van der Waals surface area contributed by atoms with Gasteiger partial charge in [-0.1, -0.05) is 24.8 Å². The second kappa shape index (κ2) is 5.17. The molecule has 16 heavy (non-hydrogen) atoms. The lowest BCUT2D eigenvalue weighted by Crippen LogP contribution is -2.40. The average Bonchev–Trinajstić information content (AvgIpc) is 2.14. The molecule has 0 rings (SSSR count). The third kappa shape index (κ3) is 4.49. The van der Waals surface area contributed by atoms with Crippen molar-refractivity contribution in [2.45, 2.75) is 46.0 Å². The largest absolute Gasteiger partial charge is 0.623 e. The highest BCUT2D eigenvalue weighted by Crippen LogP contribution is 2.09. The van der Waals surface area contributed by atoms with Gasteiger partial charge in [-0.2, -0.15) is 4.74 Å². The van der Waals surface area contributed by atoms with Crippen LogP contribution in [0.25, 0.3) is 0 Å². The molecule has 0 bridgehead atoms. The Labute approximate surface area is 98.3 Å². The molecule has 0 aromatic heterocycles. The standard InChI is InChI=1S/C11H20N2O2Si/c1-10(12-14)11(2,3)13(15)8-7-9-16(4,5)6/h8,14H,1-6H3. The van der Waals surface area contributed by atoms with Crippen molar-refractivity contribution in [3.63, 3.8) is 0 Å². The minimum atomic E-state index is -1.46. The monoisotopic (exact) mass is 240 g/mol. The third-order valence-electron chi connectivity index (χ3n) is 2.22. The number of hydroxylamine groups is 1. The van der Waals surface area contributed by atoms with Crippen LogP contribution in [0.5, 0.6) is 0 Å². The van der Waals surface area contributed by atoms with E-state index in [4.69, 9.17) is 5.21 Å². The highest BCUT2D eigenvalue weighted by Gasteiger charge is 2.30. The summed E-state index contributed by atoms with van der Waals surface area (Å²) < 4.78 is 0.717. The van der Waals surface area contributed by atoms with Crippen LogP contribution < -0.4 is 0 Å². The van der Waals surface area contributed by atoms with Crippen LogP contribution in [0.4, 0.5) is 0 Å². The van der Waals surface area contributed by atoms with Gasteiger partial charge in [-0.15, -0.1) is 5.54 Å². The van der Waals surface area contributed by atoms with Crippen LogP contribution in [0.3, 0.4) is 0 Å². The minimum absolute atomic E-state index is 0.355. The first kappa shape index (κ1) is 14.7. The van der Waals surface area contributed by atoms with Gasteiger partial charge in [0.2, 0.25) is 11.8 Å². The van der Waals surface area contributed by atoms with E-state index in [9.17, 15) is 5.21 Å². The number of hydrogen-bond acceptors (Lipinski definition) is 3. The molecule has 0 aromatic carbocycles. The Hall–Kier alpha value is -1.28. The van der Waals surface area contributed by atoms with E-state index in [1.807, 2.05) is 0 Å². The lowest BCUT2D eigenvalue weighted by molar-refractivity contribution is -0.512. The van der Waals surface area contributed by atoms with E-state index in [1.54, 1.807) is 20.8 Å². The number of oxime groups is 1. The van der Waals surface area contributed by atoms with Crippen molar-refractivity contribution in [3.8, 4) is 11.5 Å². The van der Waals surface area contributed by atoms with Crippen molar-refractivity contribution in [2.24, 2.45) is 5.16 Å². The minimum Gasteiger partial charge on any atom is -0.623 e. The highest BCUT2D eigenvalue weighted by atomic mass is 28.3. The average molecular weight is 240 g/mol. The van der Waals surface area contributed by atoms with Gasteiger partial charge < -0.3 is 10.4 Å². The van der Waals surface area contributed by atoms with E-state index in [1.165, 1.54) is 6.21 Å². The zero-order valence-corrected chi connectivity index (χ0v) is 11.8. The van der Waals surface area contributed by atoms with Crippen molar-refractivity contribution in [3.05, 3.63) is 5.21 Å². The maximum Gasteiger partial charge on any atom is 0.226 e. The van der Waals surface area contributed by atoms with Gasteiger partial charge in [-0.25, -0.2) is 0 Å². The van der Waals surface area contributed by atoms with Crippen LogP contribution in [0.1, 0.15) is 20.8 Å². The molecule has 0 aliphatic rings. The summed E-state index contributed by atoms with van der Waals surface area (Å²) in [4.78, 5) is 0. The quantitative estimate of drug-likeness (QED) is 0.153. The van der Waals surface area contributed by atoms with Gasteiger partial charge >= 0.3 is 0 Å². The van der Waals surface area contributed by atoms with Crippen LogP contribution in [0, 0.1) is 16.7 Å². The zero-order chi connectivity index (χ0) is 13.0. The van der Waals surface area contributed by atoms with E-state index >= 15 is 0 Å². The summed E-state index contributed by atoms with van der Waals surface area (Å²) >= 11 is 0. The Morgan fingerprint density at radius 3 is 2.31 bits per heavy atom. The molecular formula is C11H20N2O2Si. The number of rotatable bonds is 2. The molecule has 5 heteroatoms. The summed E-state index contributed by atoms with van der Waals surface area (Å²) in [5.74, 6) is 2.77. The predicted octanol–water partition coefficient (Wildman–Crippen LogP) is 2.08. The van der Waals surface area contributed by atoms with Crippen LogP contribution in [-0.2, 0) is 0 Å². The summed E-state index contributed by atoms with van der Waals surface area (Å²) in [5.41, 5.74) is 2.55. The smallest absolute Gasteiger partial charge is 0.226 e. The van der Waals surface area contributed by atoms with Crippen molar-refractivity contribution < 1.29 is 9.95 Å². The summed E-state index contributed by atoms with van der Waals surface area (Å²) in [5, 5.41) is 23.4.